The molecular formula is C15H11BrFNO5. The normalized spacial score (nSPS) is 12.8. The van der Waals surface area contributed by atoms with E-state index in [0.717, 1.165) is 16.1 Å². The topological polar surface area (TPSA) is 70.8 Å². The number of non-ortho nitro benzene ring substituents is 1. The maximum atomic E-state index is 13.8. The average molecular weight is 384 g/mol. The summed E-state index contributed by atoms with van der Waals surface area (Å²) in [6, 6.07) is 6.77. The molecule has 1 aliphatic rings. The van der Waals surface area contributed by atoms with Gasteiger partial charge in [0.25, 0.3) is 5.69 Å². The molecule has 0 aliphatic carbocycles. The van der Waals surface area contributed by atoms with Crippen molar-refractivity contribution < 1.29 is 23.5 Å². The minimum atomic E-state index is -0.784. The van der Waals surface area contributed by atoms with E-state index in [4.69, 9.17) is 14.2 Å². The summed E-state index contributed by atoms with van der Waals surface area (Å²) in [5.41, 5.74) is 0.419. The Morgan fingerprint density at radius 2 is 1.91 bits per heavy atom. The van der Waals surface area contributed by atoms with Crippen molar-refractivity contribution in [2.75, 3.05) is 13.2 Å². The summed E-state index contributed by atoms with van der Waals surface area (Å²) in [6.45, 7) is 1.03. The van der Waals surface area contributed by atoms with Gasteiger partial charge in [-0.3, -0.25) is 10.1 Å². The zero-order valence-corrected chi connectivity index (χ0v) is 13.3. The molecule has 120 valence electrons. The van der Waals surface area contributed by atoms with Crippen LogP contribution in [0.3, 0.4) is 0 Å². The van der Waals surface area contributed by atoms with Crippen LogP contribution in [0.25, 0.3) is 0 Å². The lowest BCUT2D eigenvalue weighted by atomic mass is 10.2. The van der Waals surface area contributed by atoms with E-state index in [9.17, 15) is 14.5 Å². The second-order valence-electron chi connectivity index (χ2n) is 4.75. The average Bonchev–Trinajstić information content (AvgIpc) is 2.53. The third-order valence-electron chi connectivity index (χ3n) is 3.22. The predicted molar refractivity (Wildman–Crippen MR) is 82.5 cm³/mol. The maximum absolute atomic E-state index is 13.8. The lowest BCUT2D eigenvalue weighted by Gasteiger charge is -2.20. The van der Waals surface area contributed by atoms with E-state index in [1.165, 1.54) is 12.1 Å². The highest BCUT2D eigenvalue weighted by Crippen LogP contribution is 2.36. The maximum Gasteiger partial charge on any atom is 0.272 e. The highest BCUT2D eigenvalue weighted by atomic mass is 79.9. The molecule has 0 unspecified atom stereocenters. The van der Waals surface area contributed by atoms with Crippen molar-refractivity contribution in [3.05, 3.63) is 56.3 Å². The Kier molecular flexibility index (Phi) is 4.33. The summed E-state index contributed by atoms with van der Waals surface area (Å²) < 4.78 is 30.9. The summed E-state index contributed by atoms with van der Waals surface area (Å²) in [7, 11) is 0. The number of ether oxygens (including phenoxy) is 3. The van der Waals surface area contributed by atoms with Crippen LogP contribution in [-0.4, -0.2) is 18.1 Å². The first-order chi connectivity index (χ1) is 11.0. The van der Waals surface area contributed by atoms with Crippen LogP contribution in [0.15, 0.2) is 34.8 Å². The van der Waals surface area contributed by atoms with Gasteiger partial charge in [-0.1, -0.05) is 15.9 Å². The molecule has 0 aromatic heterocycles. The molecule has 0 radical (unpaired) electrons. The molecule has 23 heavy (non-hydrogen) atoms. The van der Waals surface area contributed by atoms with Gasteiger partial charge >= 0.3 is 0 Å². The number of hydrogen-bond donors (Lipinski definition) is 0. The molecule has 8 heteroatoms. The van der Waals surface area contributed by atoms with Gasteiger partial charge in [-0.2, -0.15) is 0 Å². The number of benzene rings is 2. The molecule has 2 aromatic carbocycles. The van der Waals surface area contributed by atoms with E-state index in [1.807, 2.05) is 0 Å². The second-order valence-corrected chi connectivity index (χ2v) is 5.60. The summed E-state index contributed by atoms with van der Waals surface area (Å²) in [6.07, 6.45) is 0. The molecule has 0 fully saturated rings. The van der Waals surface area contributed by atoms with E-state index in [2.05, 4.69) is 15.9 Å². The van der Waals surface area contributed by atoms with Crippen molar-refractivity contribution in [3.8, 4) is 17.2 Å². The van der Waals surface area contributed by atoms with Gasteiger partial charge in [0, 0.05) is 16.1 Å². The van der Waals surface area contributed by atoms with Gasteiger partial charge in [0.2, 0.25) is 0 Å². The highest BCUT2D eigenvalue weighted by molar-refractivity contribution is 9.10. The molecule has 0 bridgehead atoms. The van der Waals surface area contributed by atoms with Crippen molar-refractivity contribution >= 4 is 21.6 Å². The molecule has 6 nitrogen and oxygen atoms in total. The van der Waals surface area contributed by atoms with Crippen molar-refractivity contribution in [3.63, 3.8) is 0 Å². The van der Waals surface area contributed by atoms with Gasteiger partial charge in [-0.05, 0) is 18.2 Å². The van der Waals surface area contributed by atoms with Crippen molar-refractivity contribution in [2.24, 2.45) is 0 Å². The van der Waals surface area contributed by atoms with Crippen molar-refractivity contribution in [1.82, 2.24) is 0 Å². The van der Waals surface area contributed by atoms with E-state index in [-0.39, 0.29) is 18.0 Å². The summed E-state index contributed by atoms with van der Waals surface area (Å²) in [5.74, 6) is 0.390. The van der Waals surface area contributed by atoms with Crippen molar-refractivity contribution in [1.29, 1.82) is 0 Å². The minimum Gasteiger partial charge on any atom is -0.486 e. The van der Waals surface area contributed by atoms with Gasteiger partial charge in [0.1, 0.15) is 19.8 Å². The highest BCUT2D eigenvalue weighted by Gasteiger charge is 2.16. The number of nitrogens with zero attached hydrogens (tertiary/aromatic N) is 1. The SMILES string of the molecule is O=[N+]([O-])c1ccc(OCc2cc3c(cc2Br)OCCO3)c(F)c1. The van der Waals surface area contributed by atoms with Gasteiger partial charge in [-0.25, -0.2) is 4.39 Å². The van der Waals surface area contributed by atoms with Gasteiger partial charge in [0.05, 0.1) is 11.0 Å². The molecule has 0 saturated heterocycles. The molecular weight excluding hydrogens is 373 g/mol. The molecule has 0 saturated carbocycles. The van der Waals surface area contributed by atoms with E-state index >= 15 is 0 Å². The zero-order chi connectivity index (χ0) is 16.4. The van der Waals surface area contributed by atoms with Crippen LogP contribution in [-0.2, 0) is 6.61 Å². The number of hydrogen-bond acceptors (Lipinski definition) is 5. The number of nitro groups is 1. The van der Waals surface area contributed by atoms with Gasteiger partial charge in [-0.15, -0.1) is 0 Å². The minimum absolute atomic E-state index is 0.0580. The first-order valence-electron chi connectivity index (χ1n) is 6.69. The van der Waals surface area contributed by atoms with Crippen LogP contribution in [0.2, 0.25) is 0 Å². The number of halogens is 2. The molecule has 3 rings (SSSR count). The van der Waals surface area contributed by atoms with Crippen LogP contribution in [0.1, 0.15) is 5.56 Å². The second kappa shape index (κ2) is 6.41. The van der Waals surface area contributed by atoms with Crippen LogP contribution in [0.5, 0.6) is 17.2 Å². The van der Waals surface area contributed by atoms with Gasteiger partial charge < -0.3 is 14.2 Å². The smallest absolute Gasteiger partial charge is 0.272 e. The standard InChI is InChI=1S/C15H11BrFNO5/c16-11-7-15-14(21-3-4-22-15)5-9(11)8-23-13-2-1-10(18(19)20)6-12(13)17/h1-2,5-7H,3-4,8H2. The summed E-state index contributed by atoms with van der Waals surface area (Å²) in [5, 5.41) is 10.6. The first-order valence-corrected chi connectivity index (χ1v) is 7.48. The Hall–Kier alpha value is -2.35. The van der Waals surface area contributed by atoms with Crippen LogP contribution < -0.4 is 14.2 Å². The van der Waals surface area contributed by atoms with E-state index in [0.29, 0.717) is 24.7 Å². The number of nitro benzene ring substituents is 1. The first kappa shape index (κ1) is 15.5. The molecule has 1 aliphatic heterocycles. The predicted octanol–water partition coefficient (Wildman–Crippen LogP) is 3.85. The zero-order valence-electron chi connectivity index (χ0n) is 11.8. The Morgan fingerprint density at radius 1 is 1.22 bits per heavy atom. The quantitative estimate of drug-likeness (QED) is 0.592. The molecule has 0 atom stereocenters. The van der Waals surface area contributed by atoms with Crippen molar-refractivity contribution in [2.45, 2.75) is 6.61 Å². The molecule has 2 aromatic rings. The van der Waals surface area contributed by atoms with E-state index in [1.54, 1.807) is 12.1 Å². The molecule has 1 heterocycles. The van der Waals surface area contributed by atoms with Crippen LogP contribution in [0, 0.1) is 15.9 Å². The molecule has 0 amide bonds. The summed E-state index contributed by atoms with van der Waals surface area (Å²) in [4.78, 5) is 9.93. The summed E-state index contributed by atoms with van der Waals surface area (Å²) >= 11 is 3.40. The Labute approximate surface area is 139 Å². The number of rotatable bonds is 4. The van der Waals surface area contributed by atoms with Crippen LogP contribution in [0.4, 0.5) is 10.1 Å². The largest absolute Gasteiger partial charge is 0.486 e. The number of fused-ring (bicyclic) bond motifs is 1. The van der Waals surface area contributed by atoms with E-state index < -0.39 is 10.7 Å². The fourth-order valence-corrected chi connectivity index (χ4v) is 2.53. The lowest BCUT2D eigenvalue weighted by Crippen LogP contribution is -2.15. The third kappa shape index (κ3) is 3.37. The monoisotopic (exact) mass is 383 g/mol. The van der Waals surface area contributed by atoms with Crippen LogP contribution >= 0.6 is 15.9 Å². The molecule has 0 N–H and O–H groups in total. The fraction of sp³-hybridized carbons (Fsp3) is 0.200. The Morgan fingerprint density at radius 3 is 2.57 bits per heavy atom. The Balaban J connectivity index is 1.77. The fourth-order valence-electron chi connectivity index (χ4n) is 2.09. The lowest BCUT2D eigenvalue weighted by molar-refractivity contribution is -0.385. The van der Waals surface area contributed by atoms with Gasteiger partial charge in [0.15, 0.2) is 23.1 Å². The third-order valence-corrected chi connectivity index (χ3v) is 3.96. The molecule has 0 spiro atoms. The Bertz CT molecular complexity index is 768.